The number of hydrogen-bond donors (Lipinski definition) is 3. The lowest BCUT2D eigenvalue weighted by Crippen LogP contribution is -2.49. The largest absolute Gasteiger partial charge is 0.367 e. The summed E-state index contributed by atoms with van der Waals surface area (Å²) >= 11 is 0. The van der Waals surface area contributed by atoms with Crippen LogP contribution < -0.4 is 15.4 Å². The van der Waals surface area contributed by atoms with Gasteiger partial charge >= 0.3 is 0 Å². The van der Waals surface area contributed by atoms with Gasteiger partial charge in [0, 0.05) is 70.6 Å². The van der Waals surface area contributed by atoms with E-state index in [1.807, 2.05) is 4.90 Å². The van der Waals surface area contributed by atoms with Gasteiger partial charge in [-0.3, -0.25) is 14.5 Å². The Balaban J connectivity index is 1.30. The van der Waals surface area contributed by atoms with E-state index < -0.39 is 11.0 Å². The number of nitrogens with zero attached hydrogens (tertiary/aromatic N) is 4. The number of amides is 2. The standard InChI is InChI=1S/C25H35N7O3S/c1-18(33)32-11-8-21(9-12-32)29-24-13-23(27-17-28-24)25(34)26-14-22(30-36(2)35)16-31-10-7-19-5-3-4-6-20(19)15-31/h3-6,13,17,21-22,30H,7-12,14-16H2,1-2H3,(H,26,34)(H,27,28,29). The van der Waals surface area contributed by atoms with Crippen LogP contribution in [-0.2, 0) is 28.7 Å². The summed E-state index contributed by atoms with van der Waals surface area (Å²) in [5.41, 5.74) is 2.97. The van der Waals surface area contributed by atoms with Crippen molar-refractivity contribution in [3.63, 3.8) is 0 Å². The SMILES string of the molecule is CC(=O)N1CCC(Nc2cc(C(=O)NCC(CN3CCc4ccccc4C3)NS(C)=O)ncn2)CC1. The lowest BCUT2D eigenvalue weighted by molar-refractivity contribution is -0.129. The fourth-order valence-corrected chi connectivity index (χ4v) is 5.44. The van der Waals surface area contributed by atoms with Crippen LogP contribution in [0.2, 0.25) is 0 Å². The summed E-state index contributed by atoms with van der Waals surface area (Å²) < 4.78 is 15.0. The predicted octanol–water partition coefficient (Wildman–Crippen LogP) is 0.939. The Hall–Kier alpha value is -2.89. The highest BCUT2D eigenvalue weighted by atomic mass is 32.2. The second kappa shape index (κ2) is 12.4. The quantitative estimate of drug-likeness (QED) is 0.457. The van der Waals surface area contributed by atoms with Crippen molar-refractivity contribution in [1.82, 2.24) is 29.8 Å². The van der Waals surface area contributed by atoms with Crippen molar-refractivity contribution in [2.24, 2.45) is 0 Å². The molecule has 36 heavy (non-hydrogen) atoms. The average molecular weight is 514 g/mol. The number of hydrogen-bond acceptors (Lipinski definition) is 7. The Morgan fingerprint density at radius 1 is 1.14 bits per heavy atom. The number of nitrogens with one attached hydrogen (secondary N) is 3. The number of aromatic nitrogens is 2. The summed E-state index contributed by atoms with van der Waals surface area (Å²) in [5, 5.41) is 6.30. The molecule has 1 aromatic carbocycles. The lowest BCUT2D eigenvalue weighted by Gasteiger charge is -2.32. The van der Waals surface area contributed by atoms with E-state index in [0.717, 1.165) is 32.4 Å². The molecule has 3 heterocycles. The molecule has 10 nitrogen and oxygen atoms in total. The molecule has 0 spiro atoms. The van der Waals surface area contributed by atoms with Crippen LogP contribution in [0.3, 0.4) is 0 Å². The van der Waals surface area contributed by atoms with Crippen LogP contribution in [0, 0.1) is 0 Å². The maximum Gasteiger partial charge on any atom is 0.270 e. The molecule has 0 radical (unpaired) electrons. The number of piperidine rings is 1. The van der Waals surface area contributed by atoms with Crippen LogP contribution in [0.1, 0.15) is 41.4 Å². The molecule has 3 N–H and O–H groups in total. The van der Waals surface area contributed by atoms with Crippen molar-refractivity contribution in [2.45, 2.75) is 44.8 Å². The van der Waals surface area contributed by atoms with Gasteiger partial charge in [0.05, 0.1) is 11.0 Å². The van der Waals surface area contributed by atoms with Gasteiger partial charge in [0.15, 0.2) is 0 Å². The molecule has 2 unspecified atom stereocenters. The van der Waals surface area contributed by atoms with E-state index in [1.165, 1.54) is 17.5 Å². The molecule has 2 aromatic rings. The van der Waals surface area contributed by atoms with Crippen LogP contribution in [0.5, 0.6) is 0 Å². The number of fused-ring (bicyclic) bond motifs is 1. The second-order valence-electron chi connectivity index (χ2n) is 9.45. The molecule has 194 valence electrons. The highest BCUT2D eigenvalue weighted by molar-refractivity contribution is 7.82. The van der Waals surface area contributed by atoms with Crippen LogP contribution in [0.4, 0.5) is 5.82 Å². The van der Waals surface area contributed by atoms with Crippen molar-refractivity contribution in [1.29, 1.82) is 0 Å². The molecule has 2 amide bonds. The van der Waals surface area contributed by atoms with Gasteiger partial charge < -0.3 is 15.5 Å². The van der Waals surface area contributed by atoms with Crippen molar-refractivity contribution in [3.8, 4) is 0 Å². The van der Waals surface area contributed by atoms with Gasteiger partial charge in [-0.05, 0) is 30.4 Å². The van der Waals surface area contributed by atoms with Gasteiger partial charge in [-0.2, -0.15) is 0 Å². The van der Waals surface area contributed by atoms with Crippen LogP contribution in [0.15, 0.2) is 36.7 Å². The molecule has 2 atom stereocenters. The zero-order chi connectivity index (χ0) is 25.5. The van der Waals surface area contributed by atoms with Crippen molar-refractivity contribution < 1.29 is 13.8 Å². The minimum absolute atomic E-state index is 0.0965. The highest BCUT2D eigenvalue weighted by Gasteiger charge is 2.23. The molecule has 2 aliphatic rings. The van der Waals surface area contributed by atoms with Gasteiger partial charge in [0.2, 0.25) is 5.91 Å². The van der Waals surface area contributed by atoms with E-state index in [9.17, 15) is 13.8 Å². The topological polar surface area (TPSA) is 120 Å². The summed E-state index contributed by atoms with van der Waals surface area (Å²) in [6.45, 7) is 5.77. The molecule has 11 heteroatoms. The second-order valence-corrected chi connectivity index (χ2v) is 10.6. The molecule has 0 bridgehead atoms. The third-order valence-corrected chi connectivity index (χ3v) is 7.39. The molecule has 1 fully saturated rings. The number of carbonyl (C=O) groups excluding carboxylic acids is 2. The lowest BCUT2D eigenvalue weighted by atomic mass is 9.99. The van der Waals surface area contributed by atoms with E-state index in [4.69, 9.17) is 0 Å². The number of rotatable bonds is 9. The van der Waals surface area contributed by atoms with E-state index in [0.29, 0.717) is 32.0 Å². The summed E-state index contributed by atoms with van der Waals surface area (Å²) in [6.07, 6.45) is 5.61. The van der Waals surface area contributed by atoms with Crippen LogP contribution in [-0.4, -0.2) is 86.9 Å². The molecule has 4 rings (SSSR count). The molecule has 0 aliphatic carbocycles. The molecule has 0 saturated carbocycles. The van der Waals surface area contributed by atoms with Gasteiger partial charge in [-0.15, -0.1) is 0 Å². The third-order valence-electron chi connectivity index (χ3n) is 6.72. The summed E-state index contributed by atoms with van der Waals surface area (Å²) in [7, 11) is -1.21. The Morgan fingerprint density at radius 2 is 1.89 bits per heavy atom. The van der Waals surface area contributed by atoms with E-state index >= 15 is 0 Å². The Bertz CT molecular complexity index is 1090. The van der Waals surface area contributed by atoms with Gasteiger partial charge in [-0.25, -0.2) is 18.9 Å². The molecule has 1 saturated heterocycles. The van der Waals surface area contributed by atoms with Gasteiger partial charge in [0.25, 0.3) is 5.91 Å². The van der Waals surface area contributed by atoms with Crippen molar-refractivity contribution >= 4 is 28.6 Å². The summed E-state index contributed by atoms with van der Waals surface area (Å²) in [6, 6.07) is 10.1. The monoisotopic (exact) mass is 513 g/mol. The zero-order valence-corrected chi connectivity index (χ0v) is 21.7. The Morgan fingerprint density at radius 3 is 2.61 bits per heavy atom. The fourth-order valence-electron chi connectivity index (χ4n) is 4.81. The number of carbonyl (C=O) groups is 2. The molecular formula is C25H35N7O3S. The predicted molar refractivity (Wildman–Crippen MR) is 140 cm³/mol. The summed E-state index contributed by atoms with van der Waals surface area (Å²) in [4.78, 5) is 37.0. The number of likely N-dealkylation sites (tertiary alicyclic amines) is 1. The fraction of sp³-hybridized carbons (Fsp3) is 0.520. The zero-order valence-electron chi connectivity index (χ0n) is 20.9. The number of anilines is 1. The van der Waals surface area contributed by atoms with Gasteiger partial charge in [-0.1, -0.05) is 24.3 Å². The van der Waals surface area contributed by atoms with Crippen molar-refractivity contribution in [2.75, 3.05) is 44.3 Å². The summed E-state index contributed by atoms with van der Waals surface area (Å²) in [5.74, 6) is 0.386. The van der Waals surface area contributed by atoms with E-state index in [1.54, 1.807) is 19.2 Å². The molecule has 1 aromatic heterocycles. The van der Waals surface area contributed by atoms with Crippen molar-refractivity contribution in [3.05, 3.63) is 53.5 Å². The normalized spacial score (nSPS) is 18.2. The van der Waals surface area contributed by atoms with E-state index in [2.05, 4.69) is 54.5 Å². The Labute approximate surface area is 214 Å². The first kappa shape index (κ1) is 26.2. The highest BCUT2D eigenvalue weighted by Crippen LogP contribution is 2.19. The average Bonchev–Trinajstić information content (AvgIpc) is 2.87. The first-order valence-corrected chi connectivity index (χ1v) is 13.9. The van der Waals surface area contributed by atoms with Gasteiger partial charge in [0.1, 0.15) is 17.8 Å². The maximum absolute atomic E-state index is 12.9. The first-order chi connectivity index (χ1) is 17.4. The van der Waals surface area contributed by atoms with Crippen LogP contribution in [0.25, 0.3) is 0 Å². The first-order valence-electron chi connectivity index (χ1n) is 12.4. The maximum atomic E-state index is 12.9. The number of benzene rings is 1. The Kier molecular flexibility index (Phi) is 9.00. The van der Waals surface area contributed by atoms with E-state index in [-0.39, 0.29) is 29.6 Å². The minimum Gasteiger partial charge on any atom is -0.367 e. The smallest absolute Gasteiger partial charge is 0.270 e. The molecular weight excluding hydrogens is 478 g/mol. The molecule has 2 aliphatic heterocycles. The van der Waals surface area contributed by atoms with Crippen LogP contribution >= 0.6 is 0 Å². The minimum atomic E-state index is -1.21. The third kappa shape index (κ3) is 7.31.